The van der Waals surface area contributed by atoms with Crippen molar-refractivity contribution < 1.29 is 4.79 Å². The van der Waals surface area contributed by atoms with Crippen molar-refractivity contribution in [2.24, 2.45) is 0 Å². The maximum atomic E-state index is 13.1. The van der Waals surface area contributed by atoms with Crippen molar-refractivity contribution in [2.45, 2.75) is 32.2 Å². The zero-order chi connectivity index (χ0) is 15.8. The van der Waals surface area contributed by atoms with Crippen LogP contribution in [0.15, 0.2) is 30.3 Å². The summed E-state index contributed by atoms with van der Waals surface area (Å²) >= 11 is 0. The van der Waals surface area contributed by atoms with E-state index in [9.17, 15) is 4.79 Å². The first-order chi connectivity index (χ1) is 11.2. The molecule has 0 bridgehead atoms. The van der Waals surface area contributed by atoms with E-state index in [1.54, 1.807) is 0 Å². The lowest BCUT2D eigenvalue weighted by Crippen LogP contribution is -2.56. The van der Waals surface area contributed by atoms with Crippen LogP contribution in [-0.2, 0) is 0 Å². The summed E-state index contributed by atoms with van der Waals surface area (Å²) in [4.78, 5) is 22.3. The van der Waals surface area contributed by atoms with E-state index in [2.05, 4.69) is 9.88 Å². The smallest absolute Gasteiger partial charge is 0.254 e. The Bertz CT molecular complexity index is 742. The number of piperazine rings is 1. The van der Waals surface area contributed by atoms with Crippen molar-refractivity contribution in [3.05, 3.63) is 41.6 Å². The third-order valence-electron chi connectivity index (χ3n) is 5.20. The first kappa shape index (κ1) is 14.6. The zero-order valence-corrected chi connectivity index (χ0v) is 13.7. The summed E-state index contributed by atoms with van der Waals surface area (Å²) in [5, 5.41) is 0.967. The Balaban J connectivity index is 1.64. The van der Waals surface area contributed by atoms with E-state index in [1.807, 2.05) is 42.2 Å². The highest BCUT2D eigenvalue weighted by molar-refractivity contribution is 6.06. The van der Waals surface area contributed by atoms with Crippen LogP contribution in [0.1, 0.15) is 35.3 Å². The van der Waals surface area contributed by atoms with Crippen LogP contribution in [-0.4, -0.2) is 52.9 Å². The second-order valence-electron chi connectivity index (χ2n) is 6.77. The minimum absolute atomic E-state index is 0.164. The van der Waals surface area contributed by atoms with E-state index in [-0.39, 0.29) is 5.91 Å². The van der Waals surface area contributed by atoms with Crippen molar-refractivity contribution in [3.8, 4) is 0 Å². The number of aromatic nitrogens is 1. The Morgan fingerprint density at radius 2 is 2.04 bits per heavy atom. The van der Waals surface area contributed by atoms with Gasteiger partial charge in [-0.15, -0.1) is 0 Å². The number of nitrogens with zero attached hydrogens (tertiary/aromatic N) is 3. The number of hydrogen-bond acceptors (Lipinski definition) is 3. The molecule has 0 spiro atoms. The van der Waals surface area contributed by atoms with Gasteiger partial charge in [-0.1, -0.05) is 24.6 Å². The number of aryl methyl sites for hydroxylation is 1. The molecule has 0 N–H and O–H groups in total. The van der Waals surface area contributed by atoms with Crippen LogP contribution in [0.3, 0.4) is 0 Å². The summed E-state index contributed by atoms with van der Waals surface area (Å²) in [5.74, 6) is 0.164. The van der Waals surface area contributed by atoms with E-state index in [1.165, 1.54) is 25.8 Å². The Morgan fingerprint density at radius 3 is 2.96 bits per heavy atom. The SMILES string of the molecule is Cc1cc(C(=O)N2CCN3CCCC[C@H]3C2)c2ccccc2n1. The lowest BCUT2D eigenvalue weighted by molar-refractivity contribution is 0.0374. The van der Waals surface area contributed by atoms with Gasteiger partial charge in [0, 0.05) is 36.8 Å². The van der Waals surface area contributed by atoms with E-state index in [0.29, 0.717) is 6.04 Å². The van der Waals surface area contributed by atoms with Gasteiger partial charge in [0.05, 0.1) is 11.1 Å². The number of hydrogen-bond donors (Lipinski definition) is 0. The third-order valence-corrected chi connectivity index (χ3v) is 5.20. The van der Waals surface area contributed by atoms with Crippen molar-refractivity contribution in [1.82, 2.24) is 14.8 Å². The van der Waals surface area contributed by atoms with Gasteiger partial charge in [-0.25, -0.2) is 0 Å². The standard InChI is InChI=1S/C19H23N3O/c1-14-12-17(16-7-2-3-8-18(16)20-14)19(23)22-11-10-21-9-5-4-6-15(21)13-22/h2-3,7-8,12,15H,4-6,9-11,13H2,1H3/t15-/m0/s1. The fraction of sp³-hybridized carbons (Fsp3) is 0.474. The minimum atomic E-state index is 0.164. The third kappa shape index (κ3) is 2.72. The van der Waals surface area contributed by atoms with Gasteiger partial charge in [-0.2, -0.15) is 0 Å². The molecule has 1 atom stereocenters. The second kappa shape index (κ2) is 5.93. The van der Waals surface area contributed by atoms with Crippen molar-refractivity contribution in [3.63, 3.8) is 0 Å². The molecule has 2 aromatic rings. The van der Waals surface area contributed by atoms with E-state index in [4.69, 9.17) is 0 Å². The summed E-state index contributed by atoms with van der Waals surface area (Å²) in [6, 6.07) is 10.4. The van der Waals surface area contributed by atoms with Crippen LogP contribution in [0.2, 0.25) is 0 Å². The van der Waals surface area contributed by atoms with Crippen LogP contribution < -0.4 is 0 Å². The van der Waals surface area contributed by atoms with Gasteiger partial charge in [-0.05, 0) is 38.4 Å². The van der Waals surface area contributed by atoms with Crippen LogP contribution in [0.4, 0.5) is 0 Å². The molecule has 0 unspecified atom stereocenters. The maximum Gasteiger partial charge on any atom is 0.254 e. The molecular weight excluding hydrogens is 286 g/mol. The van der Waals surface area contributed by atoms with Gasteiger partial charge in [-0.3, -0.25) is 14.7 Å². The molecule has 1 aromatic carbocycles. The van der Waals surface area contributed by atoms with Crippen LogP contribution >= 0.6 is 0 Å². The summed E-state index contributed by atoms with van der Waals surface area (Å²) in [5.41, 5.74) is 2.62. The lowest BCUT2D eigenvalue weighted by Gasteiger charge is -2.44. The molecule has 3 heterocycles. The highest BCUT2D eigenvalue weighted by Crippen LogP contribution is 2.24. The first-order valence-electron chi connectivity index (χ1n) is 8.62. The van der Waals surface area contributed by atoms with Gasteiger partial charge in [0.2, 0.25) is 0 Å². The average molecular weight is 309 g/mol. The van der Waals surface area contributed by atoms with Gasteiger partial charge >= 0.3 is 0 Å². The van der Waals surface area contributed by atoms with Crippen LogP contribution in [0.5, 0.6) is 0 Å². The number of pyridine rings is 1. The minimum Gasteiger partial charge on any atom is -0.336 e. The molecule has 120 valence electrons. The van der Waals surface area contributed by atoms with E-state index < -0.39 is 0 Å². The summed E-state index contributed by atoms with van der Waals surface area (Å²) < 4.78 is 0. The van der Waals surface area contributed by atoms with Gasteiger partial charge in [0.25, 0.3) is 5.91 Å². The molecule has 4 nitrogen and oxygen atoms in total. The molecule has 1 aromatic heterocycles. The largest absolute Gasteiger partial charge is 0.336 e. The molecule has 0 saturated carbocycles. The molecule has 1 amide bonds. The molecule has 2 aliphatic rings. The number of carbonyl (C=O) groups excluding carboxylic acids is 1. The first-order valence-corrected chi connectivity index (χ1v) is 8.62. The molecule has 23 heavy (non-hydrogen) atoms. The average Bonchev–Trinajstić information content (AvgIpc) is 2.60. The number of amides is 1. The molecule has 0 radical (unpaired) electrons. The maximum absolute atomic E-state index is 13.1. The number of benzene rings is 1. The molecule has 2 fully saturated rings. The molecule has 4 heteroatoms. The fourth-order valence-corrected chi connectivity index (χ4v) is 4.00. The monoisotopic (exact) mass is 309 g/mol. The topological polar surface area (TPSA) is 36.4 Å². The molecule has 2 aliphatic heterocycles. The van der Waals surface area contributed by atoms with Gasteiger partial charge in [0.15, 0.2) is 0 Å². The Hall–Kier alpha value is -1.94. The molecule has 0 aliphatic carbocycles. The summed E-state index contributed by atoms with van der Waals surface area (Å²) in [7, 11) is 0. The zero-order valence-electron chi connectivity index (χ0n) is 13.7. The summed E-state index contributed by atoms with van der Waals surface area (Å²) in [6.07, 6.45) is 3.82. The Kier molecular flexibility index (Phi) is 3.77. The van der Waals surface area contributed by atoms with Crippen molar-refractivity contribution in [1.29, 1.82) is 0 Å². The van der Waals surface area contributed by atoms with Crippen molar-refractivity contribution >= 4 is 16.8 Å². The number of fused-ring (bicyclic) bond motifs is 2. The highest BCUT2D eigenvalue weighted by Gasteiger charge is 2.31. The van der Waals surface area contributed by atoms with E-state index in [0.717, 1.165) is 41.8 Å². The predicted octanol–water partition coefficient (Wildman–Crippen LogP) is 2.85. The molecular formula is C19H23N3O. The fourth-order valence-electron chi connectivity index (χ4n) is 4.00. The summed E-state index contributed by atoms with van der Waals surface area (Å²) in [6.45, 7) is 5.88. The lowest BCUT2D eigenvalue weighted by atomic mass is 9.98. The number of rotatable bonds is 1. The Morgan fingerprint density at radius 1 is 1.17 bits per heavy atom. The highest BCUT2D eigenvalue weighted by atomic mass is 16.2. The number of piperidine rings is 1. The van der Waals surface area contributed by atoms with Crippen molar-refractivity contribution in [2.75, 3.05) is 26.2 Å². The molecule has 2 saturated heterocycles. The quantitative estimate of drug-likeness (QED) is 0.813. The van der Waals surface area contributed by atoms with Crippen LogP contribution in [0, 0.1) is 6.92 Å². The van der Waals surface area contributed by atoms with Gasteiger partial charge in [0.1, 0.15) is 0 Å². The van der Waals surface area contributed by atoms with E-state index >= 15 is 0 Å². The second-order valence-corrected chi connectivity index (χ2v) is 6.77. The Labute approximate surface area is 137 Å². The number of para-hydroxylation sites is 1. The number of carbonyl (C=O) groups is 1. The normalized spacial score (nSPS) is 22.1. The molecule has 4 rings (SSSR count). The van der Waals surface area contributed by atoms with Gasteiger partial charge < -0.3 is 4.90 Å². The van der Waals surface area contributed by atoms with Crippen LogP contribution in [0.25, 0.3) is 10.9 Å². The predicted molar refractivity (Wildman–Crippen MR) is 91.6 cm³/mol.